The van der Waals surface area contributed by atoms with Gasteiger partial charge in [0.25, 0.3) is 0 Å². The summed E-state index contributed by atoms with van der Waals surface area (Å²) in [7, 11) is 3.11. The van der Waals surface area contributed by atoms with E-state index < -0.39 is 0 Å². The average Bonchev–Trinajstić information content (AvgIpc) is 3.35. The number of hydrogen-bond acceptors (Lipinski definition) is 6. The summed E-state index contributed by atoms with van der Waals surface area (Å²) in [5.74, 6) is 2.08. The number of anilines is 3. The van der Waals surface area contributed by atoms with Gasteiger partial charge in [-0.25, -0.2) is 4.79 Å². The zero-order chi connectivity index (χ0) is 21.6. The topological polar surface area (TPSA) is 88.6 Å². The van der Waals surface area contributed by atoms with Crippen molar-refractivity contribution in [2.24, 2.45) is 0 Å². The van der Waals surface area contributed by atoms with Gasteiger partial charge in [0.2, 0.25) is 0 Å². The number of carbonyl (C=O) groups excluding carboxylic acids is 1. The molecular formula is C23H25N5O3. The van der Waals surface area contributed by atoms with Crippen molar-refractivity contribution >= 4 is 23.2 Å². The Kier molecular flexibility index (Phi) is 6.16. The molecule has 0 spiro atoms. The number of rotatable bonds is 6. The van der Waals surface area contributed by atoms with Crippen LogP contribution in [0.4, 0.5) is 22.0 Å². The molecule has 1 fully saturated rings. The van der Waals surface area contributed by atoms with Gasteiger partial charge in [-0.3, -0.25) is 0 Å². The Bertz CT molecular complexity index is 1030. The van der Waals surface area contributed by atoms with Crippen molar-refractivity contribution in [2.45, 2.75) is 12.8 Å². The van der Waals surface area contributed by atoms with Gasteiger partial charge in [0.15, 0.2) is 5.82 Å². The molecule has 0 bridgehead atoms. The molecule has 1 aromatic heterocycles. The molecule has 2 N–H and O–H groups in total. The summed E-state index contributed by atoms with van der Waals surface area (Å²) in [4.78, 5) is 14.6. The van der Waals surface area contributed by atoms with E-state index >= 15 is 0 Å². The van der Waals surface area contributed by atoms with Gasteiger partial charge in [0.1, 0.15) is 11.5 Å². The maximum absolute atomic E-state index is 12.4. The van der Waals surface area contributed by atoms with E-state index in [0.29, 0.717) is 22.9 Å². The summed E-state index contributed by atoms with van der Waals surface area (Å²) in [6.45, 7) is 2.08. The Labute approximate surface area is 181 Å². The van der Waals surface area contributed by atoms with Gasteiger partial charge >= 0.3 is 6.03 Å². The Morgan fingerprint density at radius 2 is 1.68 bits per heavy atom. The Hall–Kier alpha value is -3.81. The number of aromatic nitrogens is 2. The maximum Gasteiger partial charge on any atom is 0.323 e. The van der Waals surface area contributed by atoms with Crippen LogP contribution in [0.15, 0.2) is 54.6 Å². The lowest BCUT2D eigenvalue weighted by molar-refractivity contribution is 0.262. The molecule has 1 aliphatic rings. The Morgan fingerprint density at radius 1 is 0.903 bits per heavy atom. The van der Waals surface area contributed by atoms with E-state index in [1.165, 1.54) is 20.0 Å². The van der Waals surface area contributed by atoms with Crippen LogP contribution < -0.4 is 25.0 Å². The number of benzene rings is 2. The minimum absolute atomic E-state index is 0.369. The second kappa shape index (κ2) is 9.34. The molecule has 1 saturated heterocycles. The second-order valence-corrected chi connectivity index (χ2v) is 7.19. The largest absolute Gasteiger partial charge is 0.497 e. The first-order valence-corrected chi connectivity index (χ1v) is 10.2. The molecule has 2 amide bonds. The molecule has 8 nitrogen and oxygen atoms in total. The maximum atomic E-state index is 12.4. The van der Waals surface area contributed by atoms with Crippen LogP contribution >= 0.6 is 0 Å². The quantitative estimate of drug-likeness (QED) is 0.615. The lowest BCUT2D eigenvalue weighted by Gasteiger charge is -2.15. The minimum atomic E-state index is -0.369. The number of urea groups is 1. The summed E-state index contributed by atoms with van der Waals surface area (Å²) >= 11 is 0. The molecule has 1 aliphatic heterocycles. The van der Waals surface area contributed by atoms with Crippen LogP contribution in [-0.4, -0.2) is 43.5 Å². The zero-order valence-corrected chi connectivity index (χ0v) is 17.6. The van der Waals surface area contributed by atoms with E-state index in [2.05, 4.69) is 25.7 Å². The first-order chi connectivity index (χ1) is 15.2. The van der Waals surface area contributed by atoms with Crippen LogP contribution in [0.1, 0.15) is 12.8 Å². The van der Waals surface area contributed by atoms with Gasteiger partial charge in [-0.15, -0.1) is 10.2 Å². The molecule has 4 rings (SSSR count). The van der Waals surface area contributed by atoms with Gasteiger partial charge < -0.3 is 25.0 Å². The highest BCUT2D eigenvalue weighted by molar-refractivity contribution is 6.00. The number of nitrogens with one attached hydrogen (secondary N) is 2. The van der Waals surface area contributed by atoms with Crippen LogP contribution in [0.2, 0.25) is 0 Å². The van der Waals surface area contributed by atoms with Crippen molar-refractivity contribution in [3.05, 3.63) is 54.6 Å². The molecule has 2 aromatic carbocycles. The van der Waals surface area contributed by atoms with Crippen molar-refractivity contribution in [2.75, 3.05) is 42.8 Å². The highest BCUT2D eigenvalue weighted by Crippen LogP contribution is 2.29. The zero-order valence-electron chi connectivity index (χ0n) is 17.6. The van der Waals surface area contributed by atoms with Crippen molar-refractivity contribution in [3.8, 4) is 22.8 Å². The number of amides is 2. The van der Waals surface area contributed by atoms with Crippen LogP contribution in [0, 0.1) is 0 Å². The van der Waals surface area contributed by atoms with E-state index in [1.54, 1.807) is 25.3 Å². The third kappa shape index (κ3) is 4.85. The van der Waals surface area contributed by atoms with Gasteiger partial charge in [0.05, 0.1) is 25.6 Å². The lowest BCUT2D eigenvalue weighted by atomic mass is 10.1. The van der Waals surface area contributed by atoms with E-state index in [-0.39, 0.29) is 6.03 Å². The van der Waals surface area contributed by atoms with Gasteiger partial charge in [-0.2, -0.15) is 0 Å². The summed E-state index contributed by atoms with van der Waals surface area (Å²) in [5, 5.41) is 14.3. The first-order valence-electron chi connectivity index (χ1n) is 10.2. The van der Waals surface area contributed by atoms with E-state index in [4.69, 9.17) is 9.47 Å². The average molecular weight is 419 g/mol. The van der Waals surface area contributed by atoms with E-state index in [0.717, 1.165) is 30.2 Å². The van der Waals surface area contributed by atoms with E-state index in [9.17, 15) is 4.79 Å². The van der Waals surface area contributed by atoms with Crippen molar-refractivity contribution in [1.29, 1.82) is 0 Å². The minimum Gasteiger partial charge on any atom is -0.497 e. The molecule has 0 atom stereocenters. The predicted octanol–water partition coefficient (Wildman–Crippen LogP) is 4.41. The fourth-order valence-corrected chi connectivity index (χ4v) is 3.50. The Balaban J connectivity index is 1.38. The molecule has 160 valence electrons. The summed E-state index contributed by atoms with van der Waals surface area (Å²) in [6, 6.07) is 16.3. The summed E-state index contributed by atoms with van der Waals surface area (Å²) < 4.78 is 10.5. The molecule has 0 saturated carbocycles. The van der Waals surface area contributed by atoms with Crippen LogP contribution in [0.25, 0.3) is 11.3 Å². The predicted molar refractivity (Wildman–Crippen MR) is 121 cm³/mol. The molecule has 0 unspecified atom stereocenters. The standard InChI is InChI=1S/C23H25N5O3/c1-30-18-9-10-20(21(15-18)31-2)25-23(29)24-17-7-5-16(6-8-17)19-11-12-22(27-26-19)28-13-3-4-14-28/h5-12,15H,3-4,13-14H2,1-2H3,(H2,24,25,29). The summed E-state index contributed by atoms with van der Waals surface area (Å²) in [5.41, 5.74) is 2.94. The van der Waals surface area contributed by atoms with Crippen LogP contribution in [0.3, 0.4) is 0 Å². The van der Waals surface area contributed by atoms with Crippen molar-refractivity contribution < 1.29 is 14.3 Å². The van der Waals surface area contributed by atoms with E-state index in [1.807, 2.05) is 36.4 Å². The third-order valence-electron chi connectivity index (χ3n) is 5.18. The molecular weight excluding hydrogens is 394 g/mol. The highest BCUT2D eigenvalue weighted by atomic mass is 16.5. The van der Waals surface area contributed by atoms with Crippen molar-refractivity contribution in [1.82, 2.24) is 10.2 Å². The number of ether oxygens (including phenoxy) is 2. The van der Waals surface area contributed by atoms with Crippen LogP contribution in [-0.2, 0) is 0 Å². The molecule has 2 heterocycles. The SMILES string of the molecule is COc1ccc(NC(=O)Nc2ccc(-c3ccc(N4CCCC4)nn3)cc2)c(OC)c1. The third-order valence-corrected chi connectivity index (χ3v) is 5.18. The fraction of sp³-hybridized carbons (Fsp3) is 0.261. The monoisotopic (exact) mass is 419 g/mol. The summed E-state index contributed by atoms with van der Waals surface area (Å²) in [6.07, 6.45) is 2.41. The highest BCUT2D eigenvalue weighted by Gasteiger charge is 2.14. The lowest BCUT2D eigenvalue weighted by Crippen LogP contribution is -2.19. The smallest absolute Gasteiger partial charge is 0.323 e. The van der Waals surface area contributed by atoms with Crippen LogP contribution in [0.5, 0.6) is 11.5 Å². The molecule has 31 heavy (non-hydrogen) atoms. The number of carbonyl (C=O) groups is 1. The van der Waals surface area contributed by atoms with Gasteiger partial charge in [-0.1, -0.05) is 12.1 Å². The molecule has 0 radical (unpaired) electrons. The van der Waals surface area contributed by atoms with Gasteiger partial charge in [0, 0.05) is 30.4 Å². The molecule has 0 aliphatic carbocycles. The number of methoxy groups -OCH3 is 2. The Morgan fingerprint density at radius 3 is 2.32 bits per heavy atom. The first kappa shape index (κ1) is 20.5. The number of hydrogen-bond donors (Lipinski definition) is 2. The fourth-order valence-electron chi connectivity index (χ4n) is 3.50. The van der Waals surface area contributed by atoms with Crippen molar-refractivity contribution in [3.63, 3.8) is 0 Å². The van der Waals surface area contributed by atoms with Gasteiger partial charge in [-0.05, 0) is 49.2 Å². The molecule has 3 aromatic rings. The molecule has 8 heteroatoms. The second-order valence-electron chi connectivity index (χ2n) is 7.19. The normalized spacial score (nSPS) is 13.0. The number of nitrogens with zero attached hydrogens (tertiary/aromatic N) is 3.